The second-order valence-corrected chi connectivity index (χ2v) is 3.73. The fraction of sp³-hybridized carbons (Fsp3) is 0.364. The Hall–Kier alpha value is -1.58. The molecule has 1 unspecified atom stereocenters. The summed E-state index contributed by atoms with van der Waals surface area (Å²) in [6, 6.07) is 4.76. The minimum atomic E-state index is -0.811. The molecule has 1 atom stereocenters. The van der Waals surface area contributed by atoms with Crippen molar-refractivity contribution >= 4 is 11.7 Å². The molecule has 1 aromatic rings. The highest BCUT2D eigenvalue weighted by Gasteiger charge is 2.23. The Kier molecular flexibility index (Phi) is 2.58. The van der Waals surface area contributed by atoms with Crippen LogP contribution in [0.3, 0.4) is 0 Å². The molecule has 0 aliphatic carbocycles. The number of nitrogens with one attached hydrogen (secondary N) is 1. The molecule has 1 aliphatic rings. The zero-order valence-electron chi connectivity index (χ0n) is 8.16. The molecule has 0 bridgehead atoms. The SMILES string of the molecule is O=C(O)C1CCNc2c(F)cccc2C1. The number of halogens is 1. The van der Waals surface area contributed by atoms with Gasteiger partial charge in [-0.1, -0.05) is 12.1 Å². The molecule has 2 rings (SSSR count). The molecule has 15 heavy (non-hydrogen) atoms. The standard InChI is InChI=1S/C11H12FNO2/c12-9-3-1-2-7-6-8(11(14)15)4-5-13-10(7)9/h1-3,8,13H,4-6H2,(H,14,15). The van der Waals surface area contributed by atoms with Gasteiger partial charge < -0.3 is 10.4 Å². The highest BCUT2D eigenvalue weighted by molar-refractivity contribution is 5.71. The van der Waals surface area contributed by atoms with Crippen LogP contribution in [0.2, 0.25) is 0 Å². The van der Waals surface area contributed by atoms with Gasteiger partial charge in [-0.05, 0) is 24.5 Å². The molecule has 1 aliphatic heterocycles. The zero-order chi connectivity index (χ0) is 10.8. The van der Waals surface area contributed by atoms with Crippen molar-refractivity contribution in [2.45, 2.75) is 12.8 Å². The second-order valence-electron chi connectivity index (χ2n) is 3.73. The van der Waals surface area contributed by atoms with Gasteiger partial charge in [-0.15, -0.1) is 0 Å². The lowest BCUT2D eigenvalue weighted by Gasteiger charge is -2.08. The van der Waals surface area contributed by atoms with Crippen LogP contribution in [-0.4, -0.2) is 17.6 Å². The molecule has 0 spiro atoms. The summed E-state index contributed by atoms with van der Waals surface area (Å²) >= 11 is 0. The van der Waals surface area contributed by atoms with Crippen LogP contribution in [-0.2, 0) is 11.2 Å². The number of rotatable bonds is 1. The number of fused-ring (bicyclic) bond motifs is 1. The van der Waals surface area contributed by atoms with Crippen LogP contribution in [0.1, 0.15) is 12.0 Å². The number of hydrogen-bond acceptors (Lipinski definition) is 2. The third-order valence-corrected chi connectivity index (χ3v) is 2.71. The fourth-order valence-electron chi connectivity index (χ4n) is 1.89. The summed E-state index contributed by atoms with van der Waals surface area (Å²) in [6.07, 6.45) is 0.929. The number of carboxylic acids is 1. The van der Waals surface area contributed by atoms with Crippen molar-refractivity contribution in [1.29, 1.82) is 0 Å². The Morgan fingerprint density at radius 2 is 2.33 bits per heavy atom. The molecule has 0 fully saturated rings. The van der Waals surface area contributed by atoms with Gasteiger partial charge in [-0.25, -0.2) is 4.39 Å². The van der Waals surface area contributed by atoms with E-state index in [1.54, 1.807) is 12.1 Å². The molecule has 3 nitrogen and oxygen atoms in total. The van der Waals surface area contributed by atoms with Crippen LogP contribution in [0.15, 0.2) is 18.2 Å². The second kappa shape index (κ2) is 3.88. The lowest BCUT2D eigenvalue weighted by Crippen LogP contribution is -2.16. The van der Waals surface area contributed by atoms with Crippen LogP contribution >= 0.6 is 0 Å². The quantitative estimate of drug-likeness (QED) is 0.742. The van der Waals surface area contributed by atoms with Gasteiger partial charge in [0.15, 0.2) is 0 Å². The van der Waals surface area contributed by atoms with Crippen LogP contribution in [0.5, 0.6) is 0 Å². The number of aliphatic carboxylic acids is 1. The Balaban J connectivity index is 2.34. The van der Waals surface area contributed by atoms with Crippen molar-refractivity contribution in [1.82, 2.24) is 0 Å². The van der Waals surface area contributed by atoms with Crippen molar-refractivity contribution in [3.05, 3.63) is 29.6 Å². The summed E-state index contributed by atoms with van der Waals surface area (Å²) in [5, 5.41) is 11.9. The number of anilines is 1. The maximum Gasteiger partial charge on any atom is 0.306 e. The number of carboxylic acid groups (broad SMARTS) is 1. The first kappa shape index (κ1) is 9.96. The van der Waals surface area contributed by atoms with Crippen molar-refractivity contribution in [3.63, 3.8) is 0 Å². The van der Waals surface area contributed by atoms with Gasteiger partial charge in [-0.2, -0.15) is 0 Å². The molecule has 1 heterocycles. The van der Waals surface area contributed by atoms with Gasteiger partial charge in [0.05, 0.1) is 11.6 Å². The molecule has 2 N–H and O–H groups in total. The maximum absolute atomic E-state index is 13.4. The first-order valence-corrected chi connectivity index (χ1v) is 4.92. The number of para-hydroxylation sites is 1. The predicted molar refractivity (Wildman–Crippen MR) is 54.3 cm³/mol. The average Bonchev–Trinajstić information content (AvgIpc) is 2.40. The van der Waals surface area contributed by atoms with Crippen LogP contribution in [0.25, 0.3) is 0 Å². The first-order valence-electron chi connectivity index (χ1n) is 4.92. The lowest BCUT2D eigenvalue weighted by molar-refractivity contribution is -0.141. The molecule has 0 amide bonds. The highest BCUT2D eigenvalue weighted by atomic mass is 19.1. The molecule has 0 aromatic heterocycles. The molecule has 4 heteroatoms. The van der Waals surface area contributed by atoms with Gasteiger partial charge in [0.25, 0.3) is 0 Å². The van der Waals surface area contributed by atoms with E-state index in [4.69, 9.17) is 5.11 Å². The summed E-state index contributed by atoms with van der Waals surface area (Å²) in [4.78, 5) is 10.9. The number of carbonyl (C=O) groups is 1. The van der Waals surface area contributed by atoms with E-state index in [-0.39, 0.29) is 5.82 Å². The third kappa shape index (κ3) is 1.93. The molecule has 80 valence electrons. The zero-order valence-corrected chi connectivity index (χ0v) is 8.16. The van der Waals surface area contributed by atoms with E-state index in [1.807, 2.05) is 0 Å². The van der Waals surface area contributed by atoms with Gasteiger partial charge in [-0.3, -0.25) is 4.79 Å². The van der Waals surface area contributed by atoms with Crippen LogP contribution in [0, 0.1) is 11.7 Å². The topological polar surface area (TPSA) is 49.3 Å². The number of hydrogen-bond donors (Lipinski definition) is 2. The summed E-state index contributed by atoms with van der Waals surface area (Å²) < 4.78 is 13.4. The minimum Gasteiger partial charge on any atom is -0.481 e. The van der Waals surface area contributed by atoms with Gasteiger partial charge >= 0.3 is 5.97 Å². The van der Waals surface area contributed by atoms with Crippen LogP contribution in [0.4, 0.5) is 10.1 Å². The van der Waals surface area contributed by atoms with E-state index in [0.29, 0.717) is 25.1 Å². The third-order valence-electron chi connectivity index (χ3n) is 2.71. The molecule has 0 radical (unpaired) electrons. The predicted octanol–water partition coefficient (Wildman–Crippen LogP) is 1.88. The molecule has 1 aromatic carbocycles. The smallest absolute Gasteiger partial charge is 0.306 e. The maximum atomic E-state index is 13.4. The van der Waals surface area contributed by atoms with E-state index in [0.717, 1.165) is 5.56 Å². The van der Waals surface area contributed by atoms with Gasteiger partial charge in [0.2, 0.25) is 0 Å². The number of benzene rings is 1. The summed E-state index contributed by atoms with van der Waals surface area (Å²) in [5.74, 6) is -1.53. The lowest BCUT2D eigenvalue weighted by atomic mass is 9.97. The average molecular weight is 209 g/mol. The summed E-state index contributed by atoms with van der Waals surface area (Å²) in [5.41, 5.74) is 1.21. The fourth-order valence-corrected chi connectivity index (χ4v) is 1.89. The highest BCUT2D eigenvalue weighted by Crippen LogP contribution is 2.26. The Morgan fingerprint density at radius 1 is 1.53 bits per heavy atom. The Morgan fingerprint density at radius 3 is 3.07 bits per heavy atom. The molecular weight excluding hydrogens is 197 g/mol. The monoisotopic (exact) mass is 209 g/mol. The van der Waals surface area contributed by atoms with Crippen molar-refractivity contribution < 1.29 is 14.3 Å². The van der Waals surface area contributed by atoms with E-state index in [9.17, 15) is 9.18 Å². The normalized spacial score (nSPS) is 19.9. The van der Waals surface area contributed by atoms with E-state index < -0.39 is 11.9 Å². The van der Waals surface area contributed by atoms with Crippen LogP contribution < -0.4 is 5.32 Å². The van der Waals surface area contributed by atoms with Crippen molar-refractivity contribution in [3.8, 4) is 0 Å². The van der Waals surface area contributed by atoms with E-state index in [1.165, 1.54) is 6.07 Å². The molecule has 0 saturated heterocycles. The van der Waals surface area contributed by atoms with Crippen molar-refractivity contribution in [2.75, 3.05) is 11.9 Å². The van der Waals surface area contributed by atoms with Gasteiger partial charge in [0, 0.05) is 6.54 Å². The summed E-state index contributed by atoms with van der Waals surface area (Å²) in [6.45, 7) is 0.505. The van der Waals surface area contributed by atoms with Crippen molar-refractivity contribution in [2.24, 2.45) is 5.92 Å². The van der Waals surface area contributed by atoms with E-state index >= 15 is 0 Å². The molecule has 0 saturated carbocycles. The minimum absolute atomic E-state index is 0.307. The van der Waals surface area contributed by atoms with Gasteiger partial charge in [0.1, 0.15) is 5.82 Å². The largest absolute Gasteiger partial charge is 0.481 e. The Bertz CT molecular complexity index is 392. The molecular formula is C11H12FNO2. The Labute approximate surface area is 86.9 Å². The summed E-state index contributed by atoms with van der Waals surface area (Å²) in [7, 11) is 0. The first-order chi connectivity index (χ1) is 7.18. The van der Waals surface area contributed by atoms with E-state index in [2.05, 4.69) is 5.32 Å².